The minimum atomic E-state index is -4.62. The van der Waals surface area contributed by atoms with Gasteiger partial charge in [-0.2, -0.15) is 18.3 Å². The van der Waals surface area contributed by atoms with Gasteiger partial charge in [0.15, 0.2) is 5.69 Å². The van der Waals surface area contributed by atoms with Crippen molar-refractivity contribution in [3.05, 3.63) is 89.6 Å². The fourth-order valence-corrected chi connectivity index (χ4v) is 3.97. The van der Waals surface area contributed by atoms with E-state index >= 15 is 0 Å². The molecule has 1 N–H and O–H groups in total. The zero-order valence-electron chi connectivity index (χ0n) is 17.1. The Labute approximate surface area is 193 Å². The molecule has 0 atom stereocenters. The Morgan fingerprint density at radius 3 is 1.88 bits per heavy atom. The van der Waals surface area contributed by atoms with Crippen molar-refractivity contribution in [3.8, 4) is 28.1 Å². The van der Waals surface area contributed by atoms with Gasteiger partial charge in [-0.25, -0.2) is 13.1 Å². The number of hydrogen-bond acceptors (Lipinski definition) is 3. The molecule has 1 aromatic heterocycles. The van der Waals surface area contributed by atoms with E-state index in [0.717, 1.165) is 23.4 Å². The second kappa shape index (κ2) is 8.57. The summed E-state index contributed by atoms with van der Waals surface area (Å²) in [5.41, 5.74) is 2.19. The molecule has 0 bridgehead atoms. The molecule has 5 nitrogen and oxygen atoms in total. The lowest BCUT2D eigenvalue weighted by Gasteiger charge is -2.10. The van der Waals surface area contributed by atoms with Gasteiger partial charge in [-0.05, 0) is 53.6 Å². The number of aromatic nitrogens is 2. The van der Waals surface area contributed by atoms with Crippen molar-refractivity contribution in [3.63, 3.8) is 0 Å². The first kappa shape index (κ1) is 22.9. The molecule has 0 fully saturated rings. The summed E-state index contributed by atoms with van der Waals surface area (Å²) in [5, 5.41) is 4.37. The second-order valence-electron chi connectivity index (χ2n) is 7.33. The highest BCUT2D eigenvalue weighted by Gasteiger charge is 2.35. The van der Waals surface area contributed by atoms with Crippen molar-refractivity contribution < 1.29 is 21.6 Å². The predicted octanol–water partition coefficient (Wildman–Crippen LogP) is 6.25. The first-order chi connectivity index (χ1) is 15.5. The van der Waals surface area contributed by atoms with Gasteiger partial charge in [-0.1, -0.05) is 48.0 Å². The van der Waals surface area contributed by atoms with Crippen molar-refractivity contribution in [2.24, 2.45) is 0 Å². The number of anilines is 1. The molecule has 10 heteroatoms. The molecule has 170 valence electrons. The van der Waals surface area contributed by atoms with Gasteiger partial charge in [-0.3, -0.25) is 4.72 Å². The van der Waals surface area contributed by atoms with Crippen LogP contribution in [0.15, 0.2) is 78.9 Å². The Morgan fingerprint density at radius 1 is 0.848 bits per heavy atom. The number of hydrogen-bond donors (Lipinski definition) is 1. The number of rotatable bonds is 5. The Kier molecular flexibility index (Phi) is 5.94. The third kappa shape index (κ3) is 5.37. The Balaban J connectivity index is 1.74. The van der Waals surface area contributed by atoms with Crippen molar-refractivity contribution in [1.82, 2.24) is 9.78 Å². The SMILES string of the molecule is CS(=O)(=O)Nc1ccc(-n2nc(C(F)(F)F)cc2-c2ccc(-c3ccc(Cl)cc3)cc2)cc1. The Bertz CT molecular complexity index is 1380. The minimum absolute atomic E-state index is 0.244. The van der Waals surface area contributed by atoms with E-state index in [0.29, 0.717) is 22.0 Å². The third-order valence-corrected chi connectivity index (χ3v) is 5.63. The van der Waals surface area contributed by atoms with Crippen molar-refractivity contribution >= 4 is 27.3 Å². The van der Waals surface area contributed by atoms with Crippen LogP contribution in [0.25, 0.3) is 28.1 Å². The number of alkyl halides is 3. The fraction of sp³-hybridized carbons (Fsp3) is 0.0870. The number of halogens is 4. The third-order valence-electron chi connectivity index (χ3n) is 4.77. The maximum atomic E-state index is 13.4. The van der Waals surface area contributed by atoms with Crippen LogP contribution in [0.5, 0.6) is 0 Å². The van der Waals surface area contributed by atoms with Crippen molar-refractivity contribution in [2.75, 3.05) is 11.0 Å². The summed E-state index contributed by atoms with van der Waals surface area (Å²) in [6.07, 6.45) is -3.61. The summed E-state index contributed by atoms with van der Waals surface area (Å²) in [6.45, 7) is 0. The van der Waals surface area contributed by atoms with E-state index in [-0.39, 0.29) is 5.69 Å². The van der Waals surface area contributed by atoms with Crippen LogP contribution in [0.4, 0.5) is 18.9 Å². The van der Waals surface area contributed by atoms with Crippen molar-refractivity contribution in [2.45, 2.75) is 6.18 Å². The summed E-state index contributed by atoms with van der Waals surface area (Å²) in [5.74, 6) is 0. The predicted molar refractivity (Wildman–Crippen MR) is 123 cm³/mol. The molecule has 0 unspecified atom stereocenters. The number of sulfonamides is 1. The molecule has 0 radical (unpaired) electrons. The van der Waals surface area contributed by atoms with Crippen LogP contribution < -0.4 is 4.72 Å². The monoisotopic (exact) mass is 491 g/mol. The zero-order chi connectivity index (χ0) is 23.8. The van der Waals surface area contributed by atoms with Crippen LogP contribution in [0.2, 0.25) is 5.02 Å². The number of benzene rings is 3. The lowest BCUT2D eigenvalue weighted by atomic mass is 10.0. The molecular formula is C23H17ClF3N3O2S. The van der Waals surface area contributed by atoms with Gasteiger partial charge in [0.1, 0.15) is 0 Å². The highest BCUT2D eigenvalue weighted by molar-refractivity contribution is 7.92. The topological polar surface area (TPSA) is 64.0 Å². The average Bonchev–Trinajstić information content (AvgIpc) is 3.20. The van der Waals surface area contributed by atoms with Crippen LogP contribution in [0.1, 0.15) is 5.69 Å². The molecule has 3 aromatic carbocycles. The molecular weight excluding hydrogens is 475 g/mol. The van der Waals surface area contributed by atoms with Crippen LogP contribution >= 0.6 is 11.6 Å². The molecule has 33 heavy (non-hydrogen) atoms. The lowest BCUT2D eigenvalue weighted by Crippen LogP contribution is -2.10. The van der Waals surface area contributed by atoms with E-state index in [1.807, 2.05) is 24.3 Å². The molecule has 0 saturated heterocycles. The van der Waals surface area contributed by atoms with Gasteiger partial charge >= 0.3 is 6.18 Å². The van der Waals surface area contributed by atoms with Gasteiger partial charge in [0.25, 0.3) is 0 Å². The quantitative estimate of drug-likeness (QED) is 0.359. The van der Waals surface area contributed by atoms with Gasteiger partial charge in [0.05, 0.1) is 17.6 Å². The fourth-order valence-electron chi connectivity index (χ4n) is 3.28. The highest BCUT2D eigenvalue weighted by Crippen LogP contribution is 2.34. The largest absolute Gasteiger partial charge is 0.435 e. The summed E-state index contributed by atoms with van der Waals surface area (Å²) in [6, 6.07) is 21.2. The van der Waals surface area contributed by atoms with E-state index in [1.165, 1.54) is 28.9 Å². The van der Waals surface area contributed by atoms with Gasteiger partial charge < -0.3 is 0 Å². The maximum absolute atomic E-state index is 13.4. The smallest absolute Gasteiger partial charge is 0.284 e. The molecule has 0 aliphatic carbocycles. The maximum Gasteiger partial charge on any atom is 0.435 e. The van der Waals surface area contributed by atoms with Crippen molar-refractivity contribution in [1.29, 1.82) is 0 Å². The van der Waals surface area contributed by atoms with Crippen LogP contribution in [-0.4, -0.2) is 24.5 Å². The molecule has 0 saturated carbocycles. The summed E-state index contributed by atoms with van der Waals surface area (Å²) >= 11 is 5.93. The van der Waals surface area contributed by atoms with Crippen LogP contribution in [0, 0.1) is 0 Å². The first-order valence-electron chi connectivity index (χ1n) is 9.61. The summed E-state index contributed by atoms with van der Waals surface area (Å²) in [4.78, 5) is 0. The van der Waals surface area contributed by atoms with E-state index in [9.17, 15) is 21.6 Å². The van der Waals surface area contributed by atoms with Gasteiger partial charge in [0.2, 0.25) is 10.0 Å². The normalized spacial score (nSPS) is 12.0. The minimum Gasteiger partial charge on any atom is -0.284 e. The van der Waals surface area contributed by atoms with E-state index < -0.39 is 21.9 Å². The molecule has 4 aromatic rings. The molecule has 0 aliphatic heterocycles. The second-order valence-corrected chi connectivity index (χ2v) is 9.51. The highest BCUT2D eigenvalue weighted by atomic mass is 35.5. The molecule has 0 amide bonds. The van der Waals surface area contributed by atoms with E-state index in [2.05, 4.69) is 9.82 Å². The molecule has 0 aliphatic rings. The van der Waals surface area contributed by atoms with Gasteiger partial charge in [0, 0.05) is 16.3 Å². The van der Waals surface area contributed by atoms with Crippen LogP contribution in [-0.2, 0) is 16.2 Å². The van der Waals surface area contributed by atoms with E-state index in [1.54, 1.807) is 24.3 Å². The summed E-state index contributed by atoms with van der Waals surface area (Å²) < 4.78 is 66.5. The van der Waals surface area contributed by atoms with E-state index in [4.69, 9.17) is 11.6 Å². The Hall–Kier alpha value is -3.30. The average molecular weight is 492 g/mol. The summed E-state index contributed by atoms with van der Waals surface area (Å²) in [7, 11) is -3.48. The first-order valence-corrected chi connectivity index (χ1v) is 11.9. The molecule has 4 rings (SSSR count). The lowest BCUT2D eigenvalue weighted by molar-refractivity contribution is -0.141. The number of nitrogens with zero attached hydrogens (tertiary/aromatic N) is 2. The number of nitrogens with one attached hydrogen (secondary N) is 1. The van der Waals surface area contributed by atoms with Crippen LogP contribution in [0.3, 0.4) is 0 Å². The standard InChI is InChI=1S/C23H17ClF3N3O2S/c1-33(31,32)29-19-10-12-20(13-11-19)30-21(14-22(28-30)23(25,26)27)17-4-2-15(3-5-17)16-6-8-18(24)9-7-16/h2-14,29H,1H3. The molecule has 1 heterocycles. The molecule has 0 spiro atoms. The zero-order valence-corrected chi connectivity index (χ0v) is 18.7. The van der Waals surface area contributed by atoms with Gasteiger partial charge in [-0.15, -0.1) is 0 Å². The Morgan fingerprint density at radius 2 is 1.36 bits per heavy atom.